The lowest BCUT2D eigenvalue weighted by atomic mass is 9.94. The second-order valence-electron chi connectivity index (χ2n) is 5.78. The van der Waals surface area contributed by atoms with Crippen molar-refractivity contribution in [2.24, 2.45) is 0 Å². The van der Waals surface area contributed by atoms with Gasteiger partial charge in [0.2, 0.25) is 0 Å². The zero-order valence-electron chi connectivity index (χ0n) is 14.3. The van der Waals surface area contributed by atoms with E-state index in [1.165, 1.54) is 7.11 Å². The van der Waals surface area contributed by atoms with Gasteiger partial charge in [-0.15, -0.1) is 0 Å². The van der Waals surface area contributed by atoms with Crippen LogP contribution in [-0.4, -0.2) is 29.8 Å². The third-order valence-electron chi connectivity index (χ3n) is 3.86. The van der Waals surface area contributed by atoms with Gasteiger partial charge in [-0.3, -0.25) is 9.59 Å². The molecule has 2 rings (SSSR count). The molecule has 0 aliphatic carbocycles. The van der Waals surface area contributed by atoms with E-state index in [0.717, 1.165) is 5.56 Å². The van der Waals surface area contributed by atoms with E-state index >= 15 is 0 Å². The number of hydrogen-bond donors (Lipinski definition) is 2. The SMILES string of the molecule is COc1c(C)cc(CC(=O)O)cc1-c1cc(COC=O)cc(C)c1O. The summed E-state index contributed by atoms with van der Waals surface area (Å²) in [5.41, 5.74) is 3.78. The van der Waals surface area contributed by atoms with Crippen LogP contribution >= 0.6 is 0 Å². The lowest BCUT2D eigenvalue weighted by Crippen LogP contribution is -2.02. The summed E-state index contributed by atoms with van der Waals surface area (Å²) in [4.78, 5) is 21.5. The molecule has 0 aliphatic heterocycles. The van der Waals surface area contributed by atoms with Gasteiger partial charge in [-0.05, 0) is 54.3 Å². The van der Waals surface area contributed by atoms with Crippen LogP contribution in [0.25, 0.3) is 11.1 Å². The van der Waals surface area contributed by atoms with Gasteiger partial charge in [0.05, 0.1) is 13.5 Å². The highest BCUT2D eigenvalue weighted by Gasteiger charge is 2.17. The van der Waals surface area contributed by atoms with Crippen molar-refractivity contribution < 1.29 is 29.3 Å². The average molecular weight is 344 g/mol. The molecular formula is C19H20O6. The van der Waals surface area contributed by atoms with Crippen molar-refractivity contribution in [3.8, 4) is 22.6 Å². The van der Waals surface area contributed by atoms with Crippen LogP contribution in [0, 0.1) is 13.8 Å². The number of carbonyl (C=O) groups excluding carboxylic acids is 1. The molecule has 6 heteroatoms. The van der Waals surface area contributed by atoms with Gasteiger partial charge in [-0.25, -0.2) is 0 Å². The fraction of sp³-hybridized carbons (Fsp3) is 0.263. The van der Waals surface area contributed by atoms with E-state index < -0.39 is 5.97 Å². The molecule has 0 spiro atoms. The number of carboxylic acids is 1. The van der Waals surface area contributed by atoms with Gasteiger partial charge in [0.25, 0.3) is 6.47 Å². The highest BCUT2D eigenvalue weighted by atomic mass is 16.5. The van der Waals surface area contributed by atoms with Crippen molar-refractivity contribution in [3.05, 3.63) is 46.5 Å². The van der Waals surface area contributed by atoms with E-state index in [-0.39, 0.29) is 18.8 Å². The number of aromatic hydroxyl groups is 1. The smallest absolute Gasteiger partial charge is 0.307 e. The van der Waals surface area contributed by atoms with Gasteiger partial charge >= 0.3 is 5.97 Å². The van der Waals surface area contributed by atoms with Crippen molar-refractivity contribution in [1.82, 2.24) is 0 Å². The number of phenols is 1. The molecule has 2 aromatic carbocycles. The maximum atomic E-state index is 11.0. The lowest BCUT2D eigenvalue weighted by Gasteiger charge is -2.17. The summed E-state index contributed by atoms with van der Waals surface area (Å²) in [6.07, 6.45) is -0.133. The Morgan fingerprint density at radius 3 is 2.32 bits per heavy atom. The molecule has 0 radical (unpaired) electrons. The zero-order chi connectivity index (χ0) is 18.6. The van der Waals surface area contributed by atoms with Crippen LogP contribution in [0.4, 0.5) is 0 Å². The van der Waals surface area contributed by atoms with Crippen molar-refractivity contribution in [3.63, 3.8) is 0 Å². The number of carbonyl (C=O) groups is 2. The van der Waals surface area contributed by atoms with Crippen LogP contribution in [0.1, 0.15) is 22.3 Å². The molecule has 6 nitrogen and oxygen atoms in total. The van der Waals surface area contributed by atoms with E-state index in [1.54, 1.807) is 31.2 Å². The van der Waals surface area contributed by atoms with Crippen LogP contribution in [0.2, 0.25) is 0 Å². The molecule has 0 aromatic heterocycles. The van der Waals surface area contributed by atoms with Crippen molar-refractivity contribution >= 4 is 12.4 Å². The van der Waals surface area contributed by atoms with E-state index in [1.807, 2.05) is 6.92 Å². The molecule has 0 fully saturated rings. The Kier molecular flexibility index (Phi) is 5.64. The first-order valence-electron chi connectivity index (χ1n) is 7.64. The Bertz CT molecular complexity index is 810. The number of hydrogen-bond acceptors (Lipinski definition) is 5. The Morgan fingerprint density at radius 1 is 1.08 bits per heavy atom. The predicted molar refractivity (Wildman–Crippen MR) is 91.8 cm³/mol. The molecule has 0 saturated heterocycles. The number of rotatable bonds is 7. The number of methoxy groups -OCH3 is 1. The molecular weight excluding hydrogens is 324 g/mol. The summed E-state index contributed by atoms with van der Waals surface area (Å²) < 4.78 is 10.3. The van der Waals surface area contributed by atoms with E-state index in [0.29, 0.717) is 40.0 Å². The summed E-state index contributed by atoms with van der Waals surface area (Å²) in [5.74, 6) is -0.318. The minimum Gasteiger partial charge on any atom is -0.507 e. The average Bonchev–Trinajstić information content (AvgIpc) is 2.54. The zero-order valence-corrected chi connectivity index (χ0v) is 14.3. The molecule has 0 unspecified atom stereocenters. The van der Waals surface area contributed by atoms with Crippen molar-refractivity contribution in [2.45, 2.75) is 26.9 Å². The Labute approximate surface area is 145 Å². The summed E-state index contributed by atoms with van der Waals surface area (Å²) in [6.45, 7) is 3.99. The van der Waals surface area contributed by atoms with Crippen molar-refractivity contribution in [2.75, 3.05) is 7.11 Å². The molecule has 2 N–H and O–H groups in total. The first kappa shape index (κ1) is 18.3. The summed E-state index contributed by atoms with van der Waals surface area (Å²) in [5, 5.41) is 19.6. The Hall–Kier alpha value is -3.02. The topological polar surface area (TPSA) is 93.1 Å². The maximum absolute atomic E-state index is 11.0. The number of phenolic OH excluding ortho intramolecular Hbond substituents is 1. The first-order chi connectivity index (χ1) is 11.9. The van der Waals surface area contributed by atoms with Gasteiger partial charge < -0.3 is 19.7 Å². The molecule has 2 aromatic rings. The molecule has 0 bridgehead atoms. The van der Waals surface area contributed by atoms with Crippen LogP contribution in [-0.2, 0) is 27.4 Å². The van der Waals surface area contributed by atoms with Crippen LogP contribution in [0.3, 0.4) is 0 Å². The fourth-order valence-electron chi connectivity index (χ4n) is 2.87. The number of aliphatic carboxylic acids is 1. The second-order valence-corrected chi connectivity index (χ2v) is 5.78. The predicted octanol–water partition coefficient (Wildman–Crippen LogP) is 2.98. The number of benzene rings is 2. The summed E-state index contributed by atoms with van der Waals surface area (Å²) in [6, 6.07) is 6.87. The van der Waals surface area contributed by atoms with E-state index in [2.05, 4.69) is 0 Å². The summed E-state index contributed by atoms with van der Waals surface area (Å²) in [7, 11) is 1.52. The monoisotopic (exact) mass is 344 g/mol. The number of ether oxygens (including phenoxy) is 2. The first-order valence-corrected chi connectivity index (χ1v) is 7.64. The third-order valence-corrected chi connectivity index (χ3v) is 3.86. The Balaban J connectivity index is 2.66. The molecule has 0 aliphatic rings. The minimum atomic E-state index is -0.941. The maximum Gasteiger partial charge on any atom is 0.307 e. The molecule has 0 heterocycles. The van der Waals surface area contributed by atoms with Gasteiger partial charge in [-0.2, -0.15) is 0 Å². The number of carboxylic acid groups (broad SMARTS) is 1. The van der Waals surface area contributed by atoms with Crippen LogP contribution in [0.5, 0.6) is 11.5 Å². The van der Waals surface area contributed by atoms with Gasteiger partial charge in [0.15, 0.2) is 0 Å². The van der Waals surface area contributed by atoms with Gasteiger partial charge in [0.1, 0.15) is 18.1 Å². The van der Waals surface area contributed by atoms with Crippen LogP contribution in [0.15, 0.2) is 24.3 Å². The Morgan fingerprint density at radius 2 is 1.72 bits per heavy atom. The highest BCUT2D eigenvalue weighted by Crippen LogP contribution is 2.41. The normalized spacial score (nSPS) is 10.4. The molecule has 0 saturated carbocycles. The quantitative estimate of drug-likeness (QED) is 0.750. The molecule has 132 valence electrons. The largest absolute Gasteiger partial charge is 0.507 e. The minimum absolute atomic E-state index is 0.0695. The van der Waals surface area contributed by atoms with E-state index in [4.69, 9.17) is 14.6 Å². The molecule has 25 heavy (non-hydrogen) atoms. The standard InChI is InChI=1S/C19H20O6/c1-11-4-14(9-25-10-20)7-15(18(11)23)16-6-13(8-17(21)22)5-12(2)19(16)24-3/h4-7,10,23H,8-9H2,1-3H3,(H,21,22). The van der Waals surface area contributed by atoms with E-state index in [9.17, 15) is 14.7 Å². The summed E-state index contributed by atoms with van der Waals surface area (Å²) >= 11 is 0. The highest BCUT2D eigenvalue weighted by molar-refractivity contribution is 5.80. The second kappa shape index (κ2) is 7.70. The molecule has 0 amide bonds. The fourth-order valence-corrected chi connectivity index (χ4v) is 2.87. The third kappa shape index (κ3) is 4.09. The van der Waals surface area contributed by atoms with Crippen LogP contribution < -0.4 is 4.74 Å². The molecule has 0 atom stereocenters. The lowest BCUT2D eigenvalue weighted by molar-refractivity contribution is -0.136. The van der Waals surface area contributed by atoms with Gasteiger partial charge in [-0.1, -0.05) is 6.07 Å². The van der Waals surface area contributed by atoms with Crippen molar-refractivity contribution in [1.29, 1.82) is 0 Å². The van der Waals surface area contributed by atoms with Gasteiger partial charge in [0, 0.05) is 11.1 Å². The number of aryl methyl sites for hydroxylation is 2.